The molecule has 1 heterocycles. The minimum Gasteiger partial charge on any atom is -0.386 e. The van der Waals surface area contributed by atoms with Crippen LogP contribution in [0, 0.1) is 11.3 Å². The highest BCUT2D eigenvalue weighted by atomic mass is 16.3. The minimum atomic E-state index is -0.534. The summed E-state index contributed by atoms with van der Waals surface area (Å²) in [4.78, 5) is 13.6. The van der Waals surface area contributed by atoms with Crippen molar-refractivity contribution in [3.05, 3.63) is 0 Å². The van der Waals surface area contributed by atoms with Gasteiger partial charge in [0.1, 0.15) is 5.60 Å². The lowest BCUT2D eigenvalue weighted by molar-refractivity contribution is -0.161. The molecular weight excluding hydrogens is 190 g/mol. The molecular formula is C12H21NO2. The molecule has 1 aliphatic heterocycles. The van der Waals surface area contributed by atoms with Crippen molar-refractivity contribution in [1.29, 1.82) is 0 Å². The fourth-order valence-electron chi connectivity index (χ4n) is 2.24. The molecule has 0 atom stereocenters. The molecule has 3 nitrogen and oxygen atoms in total. The van der Waals surface area contributed by atoms with Gasteiger partial charge < -0.3 is 10.0 Å². The second-order valence-electron chi connectivity index (χ2n) is 6.37. The van der Waals surface area contributed by atoms with Crippen LogP contribution >= 0.6 is 0 Å². The third-order valence-electron chi connectivity index (χ3n) is 3.30. The summed E-state index contributed by atoms with van der Waals surface area (Å²) in [6.45, 7) is 7.33. The van der Waals surface area contributed by atoms with Gasteiger partial charge in [-0.05, 0) is 24.2 Å². The van der Waals surface area contributed by atoms with Crippen molar-refractivity contribution >= 4 is 5.91 Å². The van der Waals surface area contributed by atoms with E-state index in [0.717, 1.165) is 12.8 Å². The second-order valence-corrected chi connectivity index (χ2v) is 6.37. The average Bonchev–Trinajstić information content (AvgIpc) is 2.76. The van der Waals surface area contributed by atoms with Gasteiger partial charge in [0.2, 0.25) is 5.91 Å². The van der Waals surface area contributed by atoms with Crippen molar-refractivity contribution in [3.8, 4) is 0 Å². The maximum absolute atomic E-state index is 11.8. The van der Waals surface area contributed by atoms with Gasteiger partial charge in [-0.2, -0.15) is 0 Å². The van der Waals surface area contributed by atoms with Crippen LogP contribution in [0.3, 0.4) is 0 Å². The Kier molecular flexibility index (Phi) is 2.34. The van der Waals surface area contributed by atoms with Crippen LogP contribution in [0.5, 0.6) is 0 Å². The van der Waals surface area contributed by atoms with Gasteiger partial charge in [-0.15, -0.1) is 0 Å². The van der Waals surface area contributed by atoms with E-state index in [9.17, 15) is 9.90 Å². The molecule has 1 N–H and O–H groups in total. The van der Waals surface area contributed by atoms with Crippen LogP contribution in [-0.4, -0.2) is 34.6 Å². The molecule has 1 saturated heterocycles. The summed E-state index contributed by atoms with van der Waals surface area (Å²) in [5.74, 6) is 0.656. The third-order valence-corrected chi connectivity index (χ3v) is 3.30. The Bertz CT molecular complexity index is 270. The maximum atomic E-state index is 11.8. The first-order valence-corrected chi connectivity index (χ1v) is 5.80. The summed E-state index contributed by atoms with van der Waals surface area (Å²) in [7, 11) is 0. The Hall–Kier alpha value is -0.570. The van der Waals surface area contributed by atoms with E-state index in [1.165, 1.54) is 0 Å². The highest BCUT2D eigenvalue weighted by molar-refractivity contribution is 5.78. The molecule has 2 fully saturated rings. The van der Waals surface area contributed by atoms with Gasteiger partial charge in [-0.25, -0.2) is 0 Å². The standard InChI is InChI=1S/C12H21NO2/c1-11(2,3)6-10(14)13-7-12(15,8-13)9-4-5-9/h9,15H,4-8H2,1-3H3. The molecule has 1 amide bonds. The first kappa shape index (κ1) is 10.9. The lowest BCUT2D eigenvalue weighted by Gasteiger charge is -2.47. The Morgan fingerprint density at radius 2 is 1.93 bits per heavy atom. The van der Waals surface area contributed by atoms with Gasteiger partial charge in [0, 0.05) is 6.42 Å². The summed E-state index contributed by atoms with van der Waals surface area (Å²) in [5, 5.41) is 10.1. The number of carbonyl (C=O) groups excluding carboxylic acids is 1. The molecule has 0 aromatic carbocycles. The summed E-state index contributed by atoms with van der Waals surface area (Å²) in [6, 6.07) is 0. The SMILES string of the molecule is CC(C)(C)CC(=O)N1CC(O)(C2CC2)C1. The van der Waals surface area contributed by atoms with Crippen molar-refractivity contribution in [2.75, 3.05) is 13.1 Å². The predicted molar refractivity (Wildman–Crippen MR) is 58.3 cm³/mol. The Morgan fingerprint density at radius 1 is 1.40 bits per heavy atom. The summed E-state index contributed by atoms with van der Waals surface area (Å²) < 4.78 is 0. The number of hydrogen-bond acceptors (Lipinski definition) is 2. The zero-order valence-corrected chi connectivity index (χ0v) is 9.92. The van der Waals surface area contributed by atoms with Crippen LogP contribution in [0.25, 0.3) is 0 Å². The van der Waals surface area contributed by atoms with Crippen LogP contribution in [0.1, 0.15) is 40.0 Å². The molecule has 0 bridgehead atoms. The van der Waals surface area contributed by atoms with Gasteiger partial charge in [0.25, 0.3) is 0 Å². The van der Waals surface area contributed by atoms with E-state index in [0.29, 0.717) is 25.4 Å². The number of β-amino-alcohol motifs (C(OH)–C–C–N with tert-alkyl or cyclic N) is 1. The van der Waals surface area contributed by atoms with E-state index < -0.39 is 5.60 Å². The molecule has 86 valence electrons. The molecule has 3 heteroatoms. The van der Waals surface area contributed by atoms with E-state index in [4.69, 9.17) is 0 Å². The normalized spacial score (nSPS) is 24.9. The molecule has 0 aromatic rings. The third kappa shape index (κ3) is 2.33. The lowest BCUT2D eigenvalue weighted by atomic mass is 9.86. The fourth-order valence-corrected chi connectivity index (χ4v) is 2.24. The molecule has 0 aromatic heterocycles. The summed E-state index contributed by atoms with van der Waals surface area (Å²) >= 11 is 0. The van der Waals surface area contributed by atoms with Gasteiger partial charge in [0.05, 0.1) is 13.1 Å². The quantitative estimate of drug-likeness (QED) is 0.750. The van der Waals surface area contributed by atoms with Crippen LogP contribution in [0.4, 0.5) is 0 Å². The van der Waals surface area contributed by atoms with Crippen molar-refractivity contribution < 1.29 is 9.90 Å². The zero-order chi connectivity index (χ0) is 11.3. The Morgan fingerprint density at radius 3 is 2.33 bits per heavy atom. The summed E-state index contributed by atoms with van der Waals surface area (Å²) in [5.41, 5.74) is -0.488. The molecule has 0 radical (unpaired) electrons. The highest BCUT2D eigenvalue weighted by Gasteiger charge is 2.53. The molecule has 0 unspecified atom stereocenters. The number of rotatable bonds is 2. The minimum absolute atomic E-state index is 0.0460. The fraction of sp³-hybridized carbons (Fsp3) is 0.917. The highest BCUT2D eigenvalue weighted by Crippen LogP contribution is 2.44. The van der Waals surface area contributed by atoms with E-state index in [-0.39, 0.29) is 11.3 Å². The van der Waals surface area contributed by atoms with Crippen molar-refractivity contribution in [2.45, 2.75) is 45.6 Å². The van der Waals surface area contributed by atoms with E-state index >= 15 is 0 Å². The van der Waals surface area contributed by atoms with Crippen LogP contribution in [-0.2, 0) is 4.79 Å². The van der Waals surface area contributed by atoms with Gasteiger partial charge >= 0.3 is 0 Å². The van der Waals surface area contributed by atoms with Crippen molar-refractivity contribution in [3.63, 3.8) is 0 Å². The number of likely N-dealkylation sites (tertiary alicyclic amines) is 1. The van der Waals surface area contributed by atoms with E-state index in [1.807, 2.05) is 0 Å². The van der Waals surface area contributed by atoms with Crippen LogP contribution in [0.15, 0.2) is 0 Å². The zero-order valence-electron chi connectivity index (χ0n) is 9.92. The first-order chi connectivity index (χ1) is 6.80. The maximum Gasteiger partial charge on any atom is 0.223 e. The van der Waals surface area contributed by atoms with Crippen molar-refractivity contribution in [1.82, 2.24) is 4.90 Å². The molecule has 1 aliphatic carbocycles. The Balaban J connectivity index is 1.81. The number of nitrogens with zero attached hydrogens (tertiary/aromatic N) is 1. The smallest absolute Gasteiger partial charge is 0.223 e. The first-order valence-electron chi connectivity index (χ1n) is 5.80. The lowest BCUT2D eigenvalue weighted by Crippen LogP contribution is -2.65. The van der Waals surface area contributed by atoms with Gasteiger partial charge in [-0.1, -0.05) is 20.8 Å². The average molecular weight is 211 g/mol. The number of amides is 1. The Labute approximate surface area is 91.5 Å². The monoisotopic (exact) mass is 211 g/mol. The topological polar surface area (TPSA) is 40.5 Å². The van der Waals surface area contributed by atoms with Gasteiger partial charge in [0.15, 0.2) is 0 Å². The van der Waals surface area contributed by atoms with Crippen LogP contribution < -0.4 is 0 Å². The molecule has 1 saturated carbocycles. The predicted octanol–water partition coefficient (Wildman–Crippen LogP) is 1.41. The number of carbonyl (C=O) groups is 1. The summed E-state index contributed by atoms with van der Waals surface area (Å²) in [6.07, 6.45) is 2.85. The molecule has 2 aliphatic rings. The van der Waals surface area contributed by atoms with Crippen LogP contribution in [0.2, 0.25) is 0 Å². The number of aliphatic hydroxyl groups is 1. The number of hydrogen-bond donors (Lipinski definition) is 1. The van der Waals surface area contributed by atoms with E-state index in [1.54, 1.807) is 4.90 Å². The van der Waals surface area contributed by atoms with E-state index in [2.05, 4.69) is 20.8 Å². The largest absolute Gasteiger partial charge is 0.386 e. The molecule has 0 spiro atoms. The molecule has 2 rings (SSSR count). The second kappa shape index (κ2) is 3.21. The van der Waals surface area contributed by atoms with Crippen molar-refractivity contribution in [2.24, 2.45) is 11.3 Å². The van der Waals surface area contributed by atoms with Gasteiger partial charge in [-0.3, -0.25) is 4.79 Å². The molecule has 15 heavy (non-hydrogen) atoms.